The maximum absolute atomic E-state index is 3.79. The molecule has 0 aliphatic carbocycles. The Morgan fingerprint density at radius 2 is 2.60 bits per heavy atom. The van der Waals surface area contributed by atoms with E-state index in [1.807, 2.05) is 6.92 Å². The molecule has 3 nitrogen and oxygen atoms in total. The molecule has 1 rings (SSSR count). The summed E-state index contributed by atoms with van der Waals surface area (Å²) in [6, 6.07) is 0. The first-order valence-electron chi connectivity index (χ1n) is 2.91. The Bertz CT molecular complexity index is 264. The number of aliphatic imine (C=N–C) groups is 1. The molecule has 0 fully saturated rings. The van der Waals surface area contributed by atoms with E-state index in [1.54, 1.807) is 6.20 Å². The van der Waals surface area contributed by atoms with Gasteiger partial charge in [-0.1, -0.05) is 6.58 Å². The van der Waals surface area contributed by atoms with Crippen molar-refractivity contribution >= 4 is 18.1 Å². The molecule has 0 spiro atoms. The van der Waals surface area contributed by atoms with Crippen molar-refractivity contribution in [2.75, 3.05) is 0 Å². The summed E-state index contributed by atoms with van der Waals surface area (Å²) < 4.78 is 0. The predicted molar refractivity (Wildman–Crippen MR) is 44.6 cm³/mol. The number of aromatic nitrogens is 2. The second-order valence-corrected chi connectivity index (χ2v) is 2.07. The highest BCUT2D eigenvalue weighted by molar-refractivity contribution is 5.69. The van der Waals surface area contributed by atoms with Gasteiger partial charge in [-0.05, 0) is 19.2 Å². The standard InChI is InChI=1S/C7H9N3.H2/c1-5(2)6-4-9-10-7(6)8-3;/h4H,1,3H2,2H3,(H,9,10);1H. The van der Waals surface area contributed by atoms with Gasteiger partial charge in [-0.15, -0.1) is 0 Å². The average molecular weight is 137 g/mol. The molecule has 1 N–H and O–H groups in total. The van der Waals surface area contributed by atoms with Gasteiger partial charge in [0.1, 0.15) is 0 Å². The molecule has 0 saturated carbocycles. The molecule has 0 saturated heterocycles. The number of allylic oxidation sites excluding steroid dienone is 1. The van der Waals surface area contributed by atoms with E-state index in [1.165, 1.54) is 0 Å². The normalized spacial score (nSPS) is 9.30. The first-order valence-corrected chi connectivity index (χ1v) is 2.91. The molecule has 0 unspecified atom stereocenters. The number of hydrogen-bond donors (Lipinski definition) is 1. The summed E-state index contributed by atoms with van der Waals surface area (Å²) >= 11 is 0. The van der Waals surface area contributed by atoms with Gasteiger partial charge in [-0.3, -0.25) is 5.10 Å². The van der Waals surface area contributed by atoms with E-state index in [0.717, 1.165) is 11.1 Å². The highest BCUT2D eigenvalue weighted by atomic mass is 15.2. The summed E-state index contributed by atoms with van der Waals surface area (Å²) in [4.78, 5) is 3.72. The number of nitrogens with zero attached hydrogens (tertiary/aromatic N) is 2. The summed E-state index contributed by atoms with van der Waals surface area (Å²) in [7, 11) is 0. The summed E-state index contributed by atoms with van der Waals surface area (Å²) in [5.41, 5.74) is 1.87. The lowest BCUT2D eigenvalue weighted by Crippen LogP contribution is -1.71. The van der Waals surface area contributed by atoms with Crippen LogP contribution in [0.2, 0.25) is 0 Å². The zero-order chi connectivity index (χ0) is 7.56. The van der Waals surface area contributed by atoms with E-state index in [4.69, 9.17) is 0 Å². The zero-order valence-corrected chi connectivity index (χ0v) is 5.89. The molecule has 0 aliphatic rings. The molecule has 0 atom stereocenters. The Morgan fingerprint density at radius 3 is 3.00 bits per heavy atom. The van der Waals surface area contributed by atoms with E-state index in [0.29, 0.717) is 5.82 Å². The molecule has 0 amide bonds. The Kier molecular flexibility index (Phi) is 1.67. The van der Waals surface area contributed by atoms with E-state index < -0.39 is 0 Å². The lowest BCUT2D eigenvalue weighted by molar-refractivity contribution is 1.08. The van der Waals surface area contributed by atoms with Gasteiger partial charge in [0.15, 0.2) is 5.82 Å². The van der Waals surface area contributed by atoms with Crippen LogP contribution in [0.1, 0.15) is 13.9 Å². The minimum Gasteiger partial charge on any atom is -0.261 e. The fourth-order valence-electron chi connectivity index (χ4n) is 0.712. The van der Waals surface area contributed by atoms with Crippen LogP contribution in [0.5, 0.6) is 0 Å². The van der Waals surface area contributed by atoms with Crippen molar-refractivity contribution in [2.24, 2.45) is 4.99 Å². The van der Waals surface area contributed by atoms with Gasteiger partial charge < -0.3 is 0 Å². The third kappa shape index (κ3) is 0.978. The molecule has 3 heteroatoms. The Morgan fingerprint density at radius 1 is 1.90 bits per heavy atom. The Labute approximate surface area is 61.0 Å². The smallest absolute Gasteiger partial charge is 0.154 e. The Hall–Kier alpha value is -1.38. The van der Waals surface area contributed by atoms with E-state index in [-0.39, 0.29) is 1.43 Å². The van der Waals surface area contributed by atoms with Crippen molar-refractivity contribution in [1.29, 1.82) is 0 Å². The van der Waals surface area contributed by atoms with Gasteiger partial charge in [0.2, 0.25) is 0 Å². The molecule has 0 aromatic carbocycles. The molecule has 1 aromatic rings. The van der Waals surface area contributed by atoms with Crippen LogP contribution in [-0.4, -0.2) is 16.9 Å². The van der Waals surface area contributed by atoms with Crippen LogP contribution >= 0.6 is 0 Å². The van der Waals surface area contributed by atoms with Gasteiger partial charge >= 0.3 is 0 Å². The van der Waals surface area contributed by atoms with Gasteiger partial charge in [-0.2, -0.15) is 5.10 Å². The average Bonchev–Trinajstić information content (AvgIpc) is 2.33. The van der Waals surface area contributed by atoms with Gasteiger partial charge in [-0.25, -0.2) is 4.99 Å². The topological polar surface area (TPSA) is 41.0 Å². The van der Waals surface area contributed by atoms with Crippen LogP contribution in [0.3, 0.4) is 0 Å². The second kappa shape index (κ2) is 2.47. The van der Waals surface area contributed by atoms with Crippen LogP contribution < -0.4 is 0 Å². The summed E-state index contributed by atoms with van der Waals surface area (Å²) in [5.74, 6) is 0.688. The van der Waals surface area contributed by atoms with Crippen molar-refractivity contribution in [3.8, 4) is 0 Å². The highest BCUT2D eigenvalue weighted by Gasteiger charge is 2.01. The van der Waals surface area contributed by atoms with Gasteiger partial charge in [0, 0.05) is 6.99 Å². The van der Waals surface area contributed by atoms with Gasteiger partial charge in [0.25, 0.3) is 0 Å². The van der Waals surface area contributed by atoms with Crippen molar-refractivity contribution < 1.29 is 1.43 Å². The third-order valence-corrected chi connectivity index (χ3v) is 1.24. The van der Waals surface area contributed by atoms with Crippen LogP contribution in [0, 0.1) is 0 Å². The number of aromatic amines is 1. The molecular weight excluding hydrogens is 126 g/mol. The summed E-state index contributed by atoms with van der Waals surface area (Å²) in [6.45, 7) is 9.04. The lowest BCUT2D eigenvalue weighted by atomic mass is 10.2. The van der Waals surface area contributed by atoms with E-state index >= 15 is 0 Å². The molecule has 0 bridgehead atoms. The summed E-state index contributed by atoms with van der Waals surface area (Å²) in [6.07, 6.45) is 1.69. The number of nitrogens with one attached hydrogen (secondary N) is 1. The lowest BCUT2D eigenvalue weighted by Gasteiger charge is -1.92. The monoisotopic (exact) mass is 137 g/mol. The van der Waals surface area contributed by atoms with E-state index in [2.05, 4.69) is 28.5 Å². The number of rotatable bonds is 2. The predicted octanol–water partition coefficient (Wildman–Crippen LogP) is 2.02. The Balaban J connectivity index is 0.000001000. The molecule has 1 aromatic heterocycles. The maximum Gasteiger partial charge on any atom is 0.154 e. The fourth-order valence-corrected chi connectivity index (χ4v) is 0.712. The molecule has 54 valence electrons. The quantitative estimate of drug-likeness (QED) is 0.622. The molecule has 1 heterocycles. The fraction of sp³-hybridized carbons (Fsp3) is 0.143. The number of hydrogen-bond acceptors (Lipinski definition) is 2. The van der Waals surface area contributed by atoms with Crippen molar-refractivity contribution in [3.05, 3.63) is 18.3 Å². The van der Waals surface area contributed by atoms with Crippen LogP contribution in [0.15, 0.2) is 17.8 Å². The van der Waals surface area contributed by atoms with E-state index in [9.17, 15) is 0 Å². The van der Waals surface area contributed by atoms with Crippen molar-refractivity contribution in [2.45, 2.75) is 6.92 Å². The van der Waals surface area contributed by atoms with Crippen LogP contribution in [0.4, 0.5) is 5.82 Å². The highest BCUT2D eigenvalue weighted by Crippen LogP contribution is 2.20. The zero-order valence-electron chi connectivity index (χ0n) is 5.89. The number of H-pyrrole nitrogens is 1. The largest absolute Gasteiger partial charge is 0.261 e. The minimum atomic E-state index is 0. The molecular formula is C7H11N3. The first kappa shape index (κ1) is 6.74. The molecule has 10 heavy (non-hydrogen) atoms. The van der Waals surface area contributed by atoms with Crippen LogP contribution in [-0.2, 0) is 0 Å². The van der Waals surface area contributed by atoms with Crippen molar-refractivity contribution in [3.63, 3.8) is 0 Å². The summed E-state index contributed by atoms with van der Waals surface area (Å²) in [5, 5.41) is 6.49. The van der Waals surface area contributed by atoms with Crippen molar-refractivity contribution in [1.82, 2.24) is 10.2 Å². The minimum absolute atomic E-state index is 0. The first-order chi connectivity index (χ1) is 4.75. The van der Waals surface area contributed by atoms with Gasteiger partial charge in [0.05, 0.1) is 6.20 Å². The maximum atomic E-state index is 3.79. The SMILES string of the molecule is C=Nc1[nH]ncc1C(=C)C.[HH]. The second-order valence-electron chi connectivity index (χ2n) is 2.07. The molecule has 0 aliphatic heterocycles. The van der Waals surface area contributed by atoms with Crippen LogP contribution in [0.25, 0.3) is 5.57 Å². The third-order valence-electron chi connectivity index (χ3n) is 1.24. The molecule has 0 radical (unpaired) electrons.